The molecule has 0 aliphatic carbocycles. The van der Waals surface area contributed by atoms with Crippen LogP contribution >= 0.6 is 0 Å². The summed E-state index contributed by atoms with van der Waals surface area (Å²) < 4.78 is 0. The zero-order valence-electron chi connectivity index (χ0n) is 19.4. The minimum atomic E-state index is -0.318. The number of nitro groups is 1. The van der Waals surface area contributed by atoms with Gasteiger partial charge in [-0.05, 0) is 23.6 Å². The molecule has 0 unspecified atom stereocenters. The number of nitrogens with zero attached hydrogens (tertiary/aromatic N) is 6. The summed E-state index contributed by atoms with van der Waals surface area (Å²) in [5.41, 5.74) is 4.77. The molecule has 1 saturated heterocycles. The van der Waals surface area contributed by atoms with E-state index >= 15 is 0 Å². The summed E-state index contributed by atoms with van der Waals surface area (Å²) in [7, 11) is 0. The molecule has 9 heteroatoms. The van der Waals surface area contributed by atoms with Crippen molar-refractivity contribution in [3.05, 3.63) is 87.9 Å². The number of hydrogen-bond donors (Lipinski definition) is 1. The highest BCUT2D eigenvalue weighted by Gasteiger charge is 2.33. The van der Waals surface area contributed by atoms with E-state index in [9.17, 15) is 10.1 Å². The molecule has 4 heterocycles. The molecule has 0 radical (unpaired) electrons. The summed E-state index contributed by atoms with van der Waals surface area (Å²) in [4.78, 5) is 30.7. The standard InChI is InChI=1S/C26H27N7O2/c34-33(35)24-25(31-14-12-30(13-15-31)16-19-6-2-1-3-7-19)27-18-28-26(24)32-11-10-21-20-8-4-5-9-22(20)29-23(21)17-32/h1-9,18,29H,10-17H2. The Morgan fingerprint density at radius 2 is 1.60 bits per heavy atom. The first-order chi connectivity index (χ1) is 17.2. The number of nitrogens with one attached hydrogen (secondary N) is 1. The predicted molar refractivity (Wildman–Crippen MR) is 136 cm³/mol. The maximum Gasteiger partial charge on any atom is 0.353 e. The molecule has 0 amide bonds. The van der Waals surface area contributed by atoms with Crippen LogP contribution in [0.1, 0.15) is 16.8 Å². The summed E-state index contributed by atoms with van der Waals surface area (Å²) in [5.74, 6) is 0.817. The average molecular weight is 470 g/mol. The summed E-state index contributed by atoms with van der Waals surface area (Å²) >= 11 is 0. The SMILES string of the molecule is O=[N+]([O-])c1c(N2CCN(Cc3ccccc3)CC2)ncnc1N1CCc2c([nH]c3ccccc23)C1. The van der Waals surface area contributed by atoms with Crippen molar-refractivity contribution in [1.29, 1.82) is 0 Å². The Balaban J connectivity index is 1.23. The fourth-order valence-electron chi connectivity index (χ4n) is 5.32. The van der Waals surface area contributed by atoms with E-state index in [4.69, 9.17) is 0 Å². The second-order valence-electron chi connectivity index (χ2n) is 9.17. The van der Waals surface area contributed by atoms with Crippen LogP contribution in [0.15, 0.2) is 60.9 Å². The number of anilines is 2. The molecule has 0 spiro atoms. The van der Waals surface area contributed by atoms with Gasteiger partial charge in [0.25, 0.3) is 0 Å². The van der Waals surface area contributed by atoms with Gasteiger partial charge in [-0.1, -0.05) is 48.5 Å². The van der Waals surface area contributed by atoms with E-state index in [-0.39, 0.29) is 10.6 Å². The van der Waals surface area contributed by atoms with E-state index < -0.39 is 0 Å². The van der Waals surface area contributed by atoms with Crippen LogP contribution in [0.4, 0.5) is 17.3 Å². The smallest absolute Gasteiger partial charge is 0.353 e. The van der Waals surface area contributed by atoms with E-state index in [2.05, 4.69) is 56.3 Å². The van der Waals surface area contributed by atoms with Gasteiger partial charge < -0.3 is 14.8 Å². The normalized spacial score (nSPS) is 16.5. The fraction of sp³-hybridized carbons (Fsp3) is 0.308. The molecule has 1 fully saturated rings. The lowest BCUT2D eigenvalue weighted by atomic mass is 10.0. The molecule has 35 heavy (non-hydrogen) atoms. The quantitative estimate of drug-likeness (QED) is 0.351. The number of aromatic amines is 1. The minimum absolute atomic E-state index is 0.00331. The van der Waals surface area contributed by atoms with Crippen LogP contribution in [0.3, 0.4) is 0 Å². The van der Waals surface area contributed by atoms with Crippen molar-refractivity contribution < 1.29 is 4.92 Å². The summed E-state index contributed by atoms with van der Waals surface area (Å²) in [5, 5.41) is 13.5. The Morgan fingerprint density at radius 1 is 0.886 bits per heavy atom. The lowest BCUT2D eigenvalue weighted by molar-refractivity contribution is -0.383. The number of piperazine rings is 1. The summed E-state index contributed by atoms with van der Waals surface area (Å²) in [6.07, 6.45) is 2.28. The molecule has 9 nitrogen and oxygen atoms in total. The van der Waals surface area contributed by atoms with Crippen LogP contribution < -0.4 is 9.80 Å². The number of fused-ring (bicyclic) bond motifs is 3. The lowest BCUT2D eigenvalue weighted by Crippen LogP contribution is -2.46. The molecule has 0 saturated carbocycles. The van der Waals surface area contributed by atoms with Gasteiger partial charge in [-0.25, -0.2) is 9.97 Å². The first kappa shape index (κ1) is 21.5. The van der Waals surface area contributed by atoms with Crippen LogP contribution in [0.5, 0.6) is 0 Å². The number of para-hydroxylation sites is 1. The molecule has 2 aliphatic rings. The molecule has 2 aromatic heterocycles. The lowest BCUT2D eigenvalue weighted by Gasteiger charge is -2.35. The number of benzene rings is 2. The Labute approximate surface area is 203 Å². The largest absolute Gasteiger partial charge is 0.357 e. The fourth-order valence-corrected chi connectivity index (χ4v) is 5.32. The van der Waals surface area contributed by atoms with Crippen LogP contribution in [-0.4, -0.2) is 57.5 Å². The highest BCUT2D eigenvalue weighted by molar-refractivity contribution is 5.85. The molecule has 6 rings (SSSR count). The second kappa shape index (κ2) is 8.99. The minimum Gasteiger partial charge on any atom is -0.357 e. The van der Waals surface area contributed by atoms with Crippen LogP contribution in [0.2, 0.25) is 0 Å². The van der Waals surface area contributed by atoms with Crippen molar-refractivity contribution >= 4 is 28.2 Å². The van der Waals surface area contributed by atoms with Crippen LogP contribution in [-0.2, 0) is 19.5 Å². The van der Waals surface area contributed by atoms with Crippen molar-refractivity contribution in [2.45, 2.75) is 19.5 Å². The third-order valence-corrected chi connectivity index (χ3v) is 7.07. The van der Waals surface area contributed by atoms with Crippen LogP contribution in [0, 0.1) is 10.1 Å². The number of hydrogen-bond acceptors (Lipinski definition) is 7. The van der Waals surface area contributed by atoms with Gasteiger partial charge >= 0.3 is 5.69 Å². The molecule has 2 aliphatic heterocycles. The zero-order chi connectivity index (χ0) is 23.8. The van der Waals surface area contributed by atoms with Gasteiger partial charge in [0.05, 0.1) is 11.5 Å². The average Bonchev–Trinajstić information content (AvgIpc) is 3.27. The number of aromatic nitrogens is 3. The van der Waals surface area contributed by atoms with Crippen molar-refractivity contribution in [3.8, 4) is 0 Å². The topological polar surface area (TPSA) is 94.4 Å². The first-order valence-electron chi connectivity index (χ1n) is 12.0. The highest BCUT2D eigenvalue weighted by Crippen LogP contribution is 2.37. The Kier molecular flexibility index (Phi) is 5.54. The predicted octanol–water partition coefficient (Wildman–Crippen LogP) is 3.75. The van der Waals surface area contributed by atoms with Gasteiger partial charge in [-0.2, -0.15) is 0 Å². The van der Waals surface area contributed by atoms with Crippen molar-refractivity contribution in [2.75, 3.05) is 42.5 Å². The Morgan fingerprint density at radius 3 is 2.37 bits per heavy atom. The number of H-pyrrole nitrogens is 1. The van der Waals surface area contributed by atoms with Crippen LogP contribution in [0.25, 0.3) is 10.9 Å². The molecule has 4 aromatic rings. The van der Waals surface area contributed by atoms with E-state index in [1.54, 1.807) is 0 Å². The van der Waals surface area contributed by atoms with Gasteiger partial charge in [0.2, 0.25) is 11.6 Å². The molecule has 178 valence electrons. The molecular formula is C26H27N7O2. The molecular weight excluding hydrogens is 442 g/mol. The van der Waals surface area contributed by atoms with E-state index in [0.29, 0.717) is 37.8 Å². The van der Waals surface area contributed by atoms with E-state index in [1.807, 2.05) is 28.0 Å². The summed E-state index contributed by atoms with van der Waals surface area (Å²) in [6.45, 7) is 5.16. The summed E-state index contributed by atoms with van der Waals surface area (Å²) in [6, 6.07) is 18.6. The molecule has 0 bridgehead atoms. The maximum atomic E-state index is 12.3. The van der Waals surface area contributed by atoms with Gasteiger partial charge in [-0.3, -0.25) is 15.0 Å². The van der Waals surface area contributed by atoms with Crippen molar-refractivity contribution in [3.63, 3.8) is 0 Å². The molecule has 1 N–H and O–H groups in total. The van der Waals surface area contributed by atoms with Crippen molar-refractivity contribution in [2.24, 2.45) is 0 Å². The van der Waals surface area contributed by atoms with Gasteiger partial charge in [0.1, 0.15) is 6.33 Å². The third kappa shape index (κ3) is 4.08. The van der Waals surface area contributed by atoms with Gasteiger partial charge in [-0.15, -0.1) is 0 Å². The maximum absolute atomic E-state index is 12.3. The van der Waals surface area contributed by atoms with Gasteiger partial charge in [0, 0.05) is 55.9 Å². The third-order valence-electron chi connectivity index (χ3n) is 7.07. The van der Waals surface area contributed by atoms with E-state index in [0.717, 1.165) is 37.3 Å². The molecule has 2 aromatic carbocycles. The number of rotatable bonds is 5. The Hall–Kier alpha value is -3.98. The van der Waals surface area contributed by atoms with Crippen molar-refractivity contribution in [1.82, 2.24) is 19.9 Å². The highest BCUT2D eigenvalue weighted by atomic mass is 16.6. The zero-order valence-corrected chi connectivity index (χ0v) is 19.4. The van der Waals surface area contributed by atoms with E-state index in [1.165, 1.54) is 22.8 Å². The Bertz CT molecular complexity index is 1360. The first-order valence-corrected chi connectivity index (χ1v) is 12.0. The second-order valence-corrected chi connectivity index (χ2v) is 9.17. The molecule has 0 atom stereocenters. The monoisotopic (exact) mass is 469 g/mol. The van der Waals surface area contributed by atoms with Gasteiger partial charge in [0.15, 0.2) is 0 Å².